The topological polar surface area (TPSA) is 51.8 Å². The van der Waals surface area contributed by atoms with Crippen molar-refractivity contribution in [3.8, 4) is 10.6 Å². The summed E-state index contributed by atoms with van der Waals surface area (Å²) in [5.74, 6) is 0. The highest BCUT2D eigenvalue weighted by atomic mass is 32.1. The zero-order valence-electron chi connectivity index (χ0n) is 11.1. The van der Waals surface area contributed by atoms with Gasteiger partial charge in [-0.2, -0.15) is 0 Å². The number of aromatic nitrogens is 2. The Bertz CT molecular complexity index is 512. The van der Waals surface area contributed by atoms with E-state index in [2.05, 4.69) is 25.8 Å². The molecule has 18 heavy (non-hydrogen) atoms. The molecule has 2 aromatic rings. The van der Waals surface area contributed by atoms with Crippen LogP contribution in [0.25, 0.3) is 10.6 Å². The van der Waals surface area contributed by atoms with E-state index in [1.165, 1.54) is 4.88 Å². The number of nitrogens with zero attached hydrogens (tertiary/aromatic N) is 2. The normalized spacial score (nSPS) is 11.8. The molecule has 0 saturated carbocycles. The van der Waals surface area contributed by atoms with E-state index in [-0.39, 0.29) is 5.41 Å². The predicted molar refractivity (Wildman–Crippen MR) is 76.8 cm³/mol. The number of pyridine rings is 1. The Morgan fingerprint density at radius 1 is 1.33 bits per heavy atom. The van der Waals surface area contributed by atoms with Gasteiger partial charge in [0.15, 0.2) is 0 Å². The van der Waals surface area contributed by atoms with Crippen molar-refractivity contribution in [2.45, 2.75) is 32.6 Å². The summed E-state index contributed by atoms with van der Waals surface area (Å²) in [4.78, 5) is 10.2. The van der Waals surface area contributed by atoms with Gasteiger partial charge in [-0.15, -0.1) is 11.3 Å². The highest BCUT2D eigenvalue weighted by molar-refractivity contribution is 7.15. The lowest BCUT2D eigenvalue weighted by molar-refractivity contribution is 0.566. The minimum atomic E-state index is 0.0570. The summed E-state index contributed by atoms with van der Waals surface area (Å²) in [7, 11) is 0. The molecule has 0 fully saturated rings. The van der Waals surface area contributed by atoms with Crippen LogP contribution in [0.4, 0.5) is 0 Å². The van der Waals surface area contributed by atoms with Crippen LogP contribution < -0.4 is 5.73 Å². The first-order chi connectivity index (χ1) is 8.52. The molecule has 0 saturated heterocycles. The van der Waals surface area contributed by atoms with Crippen molar-refractivity contribution in [1.82, 2.24) is 9.97 Å². The third kappa shape index (κ3) is 2.76. The summed E-state index contributed by atoms with van der Waals surface area (Å²) < 4.78 is 0. The van der Waals surface area contributed by atoms with Crippen molar-refractivity contribution in [3.63, 3.8) is 0 Å². The molecule has 3 nitrogen and oxygen atoms in total. The molecule has 0 aliphatic carbocycles. The molecule has 2 heterocycles. The van der Waals surface area contributed by atoms with Gasteiger partial charge in [0.05, 0.1) is 5.69 Å². The fourth-order valence-corrected chi connectivity index (χ4v) is 3.13. The summed E-state index contributed by atoms with van der Waals surface area (Å²) in [5, 5.41) is 1.04. The number of thiazole rings is 1. The van der Waals surface area contributed by atoms with Gasteiger partial charge in [0, 0.05) is 28.2 Å². The molecule has 0 bridgehead atoms. The van der Waals surface area contributed by atoms with Crippen LogP contribution in [0, 0.1) is 0 Å². The Morgan fingerprint density at radius 2 is 2.11 bits per heavy atom. The Morgan fingerprint density at radius 3 is 2.67 bits per heavy atom. The van der Waals surface area contributed by atoms with Gasteiger partial charge >= 0.3 is 0 Å². The number of hydrogen-bond donors (Lipinski definition) is 1. The molecule has 2 rings (SSSR count). The average Bonchev–Trinajstić information content (AvgIpc) is 2.75. The van der Waals surface area contributed by atoms with Gasteiger partial charge < -0.3 is 5.73 Å². The van der Waals surface area contributed by atoms with E-state index < -0.39 is 0 Å². The standard InChI is InChI=1S/C14H19N3S/c1-14(2,3)12-11(6-7-15)18-13(17-12)10-5-4-8-16-9-10/h4-5,8-9H,6-7,15H2,1-3H3. The predicted octanol–water partition coefficient (Wildman–Crippen LogP) is 3.00. The summed E-state index contributed by atoms with van der Waals surface area (Å²) in [6.45, 7) is 7.23. The number of nitrogens with two attached hydrogens (primary N) is 1. The van der Waals surface area contributed by atoms with Crippen LogP contribution in [0.5, 0.6) is 0 Å². The molecule has 0 radical (unpaired) electrons. The minimum absolute atomic E-state index is 0.0570. The van der Waals surface area contributed by atoms with Crippen molar-refractivity contribution in [2.24, 2.45) is 5.73 Å². The van der Waals surface area contributed by atoms with Crippen LogP contribution in [0.1, 0.15) is 31.3 Å². The first-order valence-corrected chi connectivity index (χ1v) is 6.94. The van der Waals surface area contributed by atoms with Gasteiger partial charge in [-0.3, -0.25) is 4.98 Å². The molecule has 2 aromatic heterocycles. The Labute approximate surface area is 112 Å². The number of hydrogen-bond acceptors (Lipinski definition) is 4. The summed E-state index contributed by atoms with van der Waals surface area (Å²) in [5.41, 5.74) is 7.99. The van der Waals surface area contributed by atoms with E-state index in [0.717, 1.165) is 22.7 Å². The zero-order chi connectivity index (χ0) is 13.2. The molecule has 4 heteroatoms. The number of rotatable bonds is 3. The molecule has 0 amide bonds. The van der Waals surface area contributed by atoms with Crippen molar-refractivity contribution < 1.29 is 0 Å². The molecule has 0 unspecified atom stereocenters. The zero-order valence-corrected chi connectivity index (χ0v) is 11.9. The van der Waals surface area contributed by atoms with Crippen molar-refractivity contribution >= 4 is 11.3 Å². The van der Waals surface area contributed by atoms with E-state index >= 15 is 0 Å². The van der Waals surface area contributed by atoms with E-state index in [0.29, 0.717) is 6.54 Å². The van der Waals surface area contributed by atoms with Gasteiger partial charge in [0.25, 0.3) is 0 Å². The molecule has 0 aliphatic heterocycles. The van der Waals surface area contributed by atoms with E-state index in [1.54, 1.807) is 17.5 Å². The van der Waals surface area contributed by atoms with E-state index in [9.17, 15) is 0 Å². The Balaban J connectivity index is 2.46. The summed E-state index contributed by atoms with van der Waals surface area (Å²) in [6.07, 6.45) is 4.53. The quantitative estimate of drug-likeness (QED) is 0.924. The molecular formula is C14H19N3S. The average molecular weight is 261 g/mol. The lowest BCUT2D eigenvalue weighted by Gasteiger charge is -2.17. The highest BCUT2D eigenvalue weighted by Crippen LogP contribution is 2.34. The largest absolute Gasteiger partial charge is 0.330 e. The third-order valence-corrected chi connectivity index (χ3v) is 3.85. The first-order valence-electron chi connectivity index (χ1n) is 6.13. The maximum atomic E-state index is 5.69. The van der Waals surface area contributed by atoms with Crippen molar-refractivity contribution in [2.75, 3.05) is 6.54 Å². The van der Waals surface area contributed by atoms with Crippen LogP contribution in [-0.2, 0) is 11.8 Å². The van der Waals surface area contributed by atoms with Crippen LogP contribution in [0.15, 0.2) is 24.5 Å². The van der Waals surface area contributed by atoms with Crippen LogP contribution >= 0.6 is 11.3 Å². The molecular weight excluding hydrogens is 242 g/mol. The van der Waals surface area contributed by atoms with E-state index in [4.69, 9.17) is 10.7 Å². The second kappa shape index (κ2) is 5.16. The SMILES string of the molecule is CC(C)(C)c1nc(-c2cccnc2)sc1CCN. The van der Waals surface area contributed by atoms with Gasteiger partial charge in [0.1, 0.15) is 5.01 Å². The van der Waals surface area contributed by atoms with Crippen LogP contribution in [-0.4, -0.2) is 16.5 Å². The Kier molecular flexibility index (Phi) is 3.78. The fourth-order valence-electron chi connectivity index (χ4n) is 1.85. The minimum Gasteiger partial charge on any atom is -0.330 e. The summed E-state index contributed by atoms with van der Waals surface area (Å²) >= 11 is 1.73. The monoisotopic (exact) mass is 261 g/mol. The van der Waals surface area contributed by atoms with Gasteiger partial charge in [-0.05, 0) is 25.1 Å². The van der Waals surface area contributed by atoms with E-state index in [1.807, 2.05) is 18.3 Å². The fraction of sp³-hybridized carbons (Fsp3) is 0.429. The molecule has 0 spiro atoms. The maximum absolute atomic E-state index is 5.69. The van der Waals surface area contributed by atoms with Gasteiger partial charge in [-0.25, -0.2) is 4.98 Å². The second-order valence-corrected chi connectivity index (χ2v) is 6.40. The van der Waals surface area contributed by atoms with Gasteiger partial charge in [-0.1, -0.05) is 20.8 Å². The second-order valence-electron chi connectivity index (χ2n) is 5.32. The van der Waals surface area contributed by atoms with Crippen molar-refractivity contribution in [1.29, 1.82) is 0 Å². The maximum Gasteiger partial charge on any atom is 0.125 e. The van der Waals surface area contributed by atoms with Crippen LogP contribution in [0.2, 0.25) is 0 Å². The molecule has 0 aliphatic rings. The third-order valence-electron chi connectivity index (χ3n) is 2.69. The lowest BCUT2D eigenvalue weighted by Crippen LogP contribution is -2.15. The van der Waals surface area contributed by atoms with Crippen molar-refractivity contribution in [3.05, 3.63) is 35.1 Å². The Hall–Kier alpha value is -1.26. The molecule has 2 N–H and O–H groups in total. The molecule has 96 valence electrons. The summed E-state index contributed by atoms with van der Waals surface area (Å²) in [6, 6.07) is 3.99. The molecule has 0 atom stereocenters. The van der Waals surface area contributed by atoms with Gasteiger partial charge in [0.2, 0.25) is 0 Å². The lowest BCUT2D eigenvalue weighted by atomic mass is 9.91. The molecule has 0 aromatic carbocycles. The first kappa shape index (κ1) is 13.2. The smallest absolute Gasteiger partial charge is 0.125 e. The highest BCUT2D eigenvalue weighted by Gasteiger charge is 2.23. The van der Waals surface area contributed by atoms with Crippen LogP contribution in [0.3, 0.4) is 0 Å².